The van der Waals surface area contributed by atoms with Gasteiger partial charge in [-0.3, -0.25) is 0 Å². The zero-order chi connectivity index (χ0) is 12.7. The molecule has 0 saturated carbocycles. The maximum atomic E-state index is 6.27. The second-order valence-electron chi connectivity index (χ2n) is 4.93. The van der Waals surface area contributed by atoms with E-state index in [9.17, 15) is 0 Å². The van der Waals surface area contributed by atoms with Crippen molar-refractivity contribution in [3.8, 4) is 0 Å². The SMILES string of the molecule is C=CCN1CC(C)c2c1ccc1c(Cl)cccc21. The molecule has 0 spiro atoms. The molecule has 0 amide bonds. The molecule has 1 aliphatic heterocycles. The van der Waals surface area contributed by atoms with Crippen molar-refractivity contribution in [2.75, 3.05) is 18.0 Å². The minimum atomic E-state index is 0.544. The van der Waals surface area contributed by atoms with Crippen molar-refractivity contribution in [2.24, 2.45) is 0 Å². The van der Waals surface area contributed by atoms with Crippen molar-refractivity contribution in [2.45, 2.75) is 12.8 Å². The molecule has 0 aromatic heterocycles. The van der Waals surface area contributed by atoms with E-state index in [0.29, 0.717) is 5.92 Å². The van der Waals surface area contributed by atoms with E-state index in [4.69, 9.17) is 11.6 Å². The van der Waals surface area contributed by atoms with Gasteiger partial charge in [0.2, 0.25) is 0 Å². The van der Waals surface area contributed by atoms with Gasteiger partial charge in [-0.15, -0.1) is 6.58 Å². The summed E-state index contributed by atoms with van der Waals surface area (Å²) in [7, 11) is 0. The lowest BCUT2D eigenvalue weighted by molar-refractivity contribution is 0.780. The number of benzene rings is 2. The molecule has 3 rings (SSSR count). The molecule has 1 nitrogen and oxygen atoms in total. The zero-order valence-corrected chi connectivity index (χ0v) is 11.2. The fourth-order valence-corrected chi connectivity index (χ4v) is 3.21. The maximum Gasteiger partial charge on any atom is 0.0484 e. The van der Waals surface area contributed by atoms with Gasteiger partial charge in [-0.05, 0) is 23.1 Å². The summed E-state index contributed by atoms with van der Waals surface area (Å²) in [6.07, 6.45) is 1.96. The van der Waals surface area contributed by atoms with E-state index in [1.165, 1.54) is 16.6 Å². The van der Waals surface area contributed by atoms with Crippen molar-refractivity contribution < 1.29 is 0 Å². The maximum absolute atomic E-state index is 6.27. The second-order valence-corrected chi connectivity index (χ2v) is 5.34. The van der Waals surface area contributed by atoms with Gasteiger partial charge < -0.3 is 4.90 Å². The summed E-state index contributed by atoms with van der Waals surface area (Å²) < 4.78 is 0. The van der Waals surface area contributed by atoms with Gasteiger partial charge >= 0.3 is 0 Å². The fourth-order valence-electron chi connectivity index (χ4n) is 2.97. The van der Waals surface area contributed by atoms with Crippen LogP contribution in [0.1, 0.15) is 18.4 Å². The molecule has 0 aliphatic carbocycles. The standard InChI is InChI=1S/C16H16ClN/c1-3-9-18-10-11(2)16-13-5-4-6-14(17)12(13)7-8-15(16)18/h3-8,11H,1,9-10H2,2H3. The Labute approximate surface area is 113 Å². The van der Waals surface area contributed by atoms with Crippen LogP contribution in [0.15, 0.2) is 43.0 Å². The Bertz CT molecular complexity index is 618. The Morgan fingerprint density at radius 3 is 2.94 bits per heavy atom. The number of anilines is 1. The highest BCUT2D eigenvalue weighted by Gasteiger charge is 2.26. The fraction of sp³-hybridized carbons (Fsp3) is 0.250. The molecule has 92 valence electrons. The number of halogens is 1. The van der Waals surface area contributed by atoms with Gasteiger partial charge in [0.15, 0.2) is 0 Å². The predicted molar refractivity (Wildman–Crippen MR) is 79.8 cm³/mol. The lowest BCUT2D eigenvalue weighted by Gasteiger charge is -2.17. The van der Waals surface area contributed by atoms with E-state index >= 15 is 0 Å². The molecule has 1 heterocycles. The van der Waals surface area contributed by atoms with Crippen LogP contribution in [0.3, 0.4) is 0 Å². The third-order valence-corrected chi connectivity index (χ3v) is 4.03. The number of rotatable bonds is 2. The summed E-state index contributed by atoms with van der Waals surface area (Å²) in [5.41, 5.74) is 2.76. The topological polar surface area (TPSA) is 3.24 Å². The number of hydrogen-bond acceptors (Lipinski definition) is 1. The summed E-state index contributed by atoms with van der Waals surface area (Å²) in [5, 5.41) is 3.29. The van der Waals surface area contributed by atoms with Crippen LogP contribution in [0.2, 0.25) is 5.02 Å². The Balaban J connectivity index is 2.26. The van der Waals surface area contributed by atoms with Gasteiger partial charge in [-0.2, -0.15) is 0 Å². The first-order valence-corrected chi connectivity index (χ1v) is 6.67. The summed E-state index contributed by atoms with van der Waals surface area (Å²) in [5.74, 6) is 0.544. The first kappa shape index (κ1) is 11.6. The largest absolute Gasteiger partial charge is 0.367 e. The molecule has 0 fully saturated rings. The highest BCUT2D eigenvalue weighted by atomic mass is 35.5. The first-order chi connectivity index (χ1) is 8.72. The van der Waals surface area contributed by atoms with Crippen LogP contribution in [0, 0.1) is 0 Å². The molecular weight excluding hydrogens is 242 g/mol. The number of fused-ring (bicyclic) bond motifs is 3. The van der Waals surface area contributed by atoms with Crippen LogP contribution >= 0.6 is 11.6 Å². The Morgan fingerprint density at radius 2 is 2.17 bits per heavy atom. The molecule has 0 saturated heterocycles. The molecule has 1 unspecified atom stereocenters. The Hall–Kier alpha value is -1.47. The van der Waals surface area contributed by atoms with Crippen LogP contribution in [0.4, 0.5) is 5.69 Å². The van der Waals surface area contributed by atoms with Crippen molar-refractivity contribution in [3.05, 3.63) is 53.6 Å². The molecule has 1 aliphatic rings. The molecule has 18 heavy (non-hydrogen) atoms. The molecule has 2 heteroatoms. The minimum absolute atomic E-state index is 0.544. The first-order valence-electron chi connectivity index (χ1n) is 6.29. The van der Waals surface area contributed by atoms with E-state index in [1.54, 1.807) is 0 Å². The lowest BCUT2D eigenvalue weighted by atomic mass is 9.96. The van der Waals surface area contributed by atoms with Gasteiger partial charge in [0.1, 0.15) is 0 Å². The summed E-state index contributed by atoms with van der Waals surface area (Å²) >= 11 is 6.27. The third kappa shape index (κ3) is 1.62. The molecule has 1 atom stereocenters. The summed E-state index contributed by atoms with van der Waals surface area (Å²) in [6.45, 7) is 8.08. The van der Waals surface area contributed by atoms with Crippen molar-refractivity contribution in [3.63, 3.8) is 0 Å². The van der Waals surface area contributed by atoms with E-state index in [2.05, 4.69) is 36.6 Å². The molecule has 0 N–H and O–H groups in total. The van der Waals surface area contributed by atoms with Gasteiger partial charge in [0, 0.05) is 35.1 Å². The highest BCUT2D eigenvalue weighted by Crippen LogP contribution is 2.42. The quantitative estimate of drug-likeness (QED) is 0.711. The van der Waals surface area contributed by atoms with E-state index < -0.39 is 0 Å². The smallest absolute Gasteiger partial charge is 0.0484 e. The number of nitrogens with zero attached hydrogens (tertiary/aromatic N) is 1. The van der Waals surface area contributed by atoms with E-state index in [-0.39, 0.29) is 0 Å². The van der Waals surface area contributed by atoms with Crippen LogP contribution in [-0.4, -0.2) is 13.1 Å². The van der Waals surface area contributed by atoms with Gasteiger partial charge in [-0.1, -0.05) is 42.8 Å². The van der Waals surface area contributed by atoms with Gasteiger partial charge in [-0.25, -0.2) is 0 Å². The van der Waals surface area contributed by atoms with Crippen molar-refractivity contribution in [1.29, 1.82) is 0 Å². The molecule has 0 radical (unpaired) electrons. The van der Waals surface area contributed by atoms with E-state index in [0.717, 1.165) is 23.5 Å². The minimum Gasteiger partial charge on any atom is -0.367 e. The highest BCUT2D eigenvalue weighted by molar-refractivity contribution is 6.35. The van der Waals surface area contributed by atoms with Crippen LogP contribution < -0.4 is 4.90 Å². The van der Waals surface area contributed by atoms with Crippen LogP contribution in [0.25, 0.3) is 10.8 Å². The third-order valence-electron chi connectivity index (χ3n) is 3.70. The monoisotopic (exact) mass is 257 g/mol. The van der Waals surface area contributed by atoms with Gasteiger partial charge in [0.25, 0.3) is 0 Å². The van der Waals surface area contributed by atoms with Crippen LogP contribution in [-0.2, 0) is 0 Å². The van der Waals surface area contributed by atoms with Crippen molar-refractivity contribution >= 4 is 28.1 Å². The van der Waals surface area contributed by atoms with Crippen molar-refractivity contribution in [1.82, 2.24) is 0 Å². The second kappa shape index (κ2) is 4.33. The molecule has 0 bridgehead atoms. The average Bonchev–Trinajstić information content (AvgIpc) is 2.68. The molecular formula is C16H16ClN. The Kier molecular flexibility index (Phi) is 2.79. The number of hydrogen-bond donors (Lipinski definition) is 0. The van der Waals surface area contributed by atoms with E-state index in [1.807, 2.05) is 18.2 Å². The van der Waals surface area contributed by atoms with Gasteiger partial charge in [0.05, 0.1) is 0 Å². The lowest BCUT2D eigenvalue weighted by Crippen LogP contribution is -2.20. The van der Waals surface area contributed by atoms with Crippen LogP contribution in [0.5, 0.6) is 0 Å². The average molecular weight is 258 g/mol. The summed E-state index contributed by atoms with van der Waals surface area (Å²) in [6, 6.07) is 10.5. The zero-order valence-electron chi connectivity index (χ0n) is 10.5. The predicted octanol–water partition coefficient (Wildman–Crippen LogP) is 4.60. The Morgan fingerprint density at radius 1 is 1.33 bits per heavy atom. The molecule has 2 aromatic rings. The molecule has 2 aromatic carbocycles. The summed E-state index contributed by atoms with van der Waals surface area (Å²) in [4.78, 5) is 2.38. The normalized spacial score (nSPS) is 18.1.